The number of para-hydroxylation sites is 1. The Kier molecular flexibility index (Phi) is 8.78. The van der Waals surface area contributed by atoms with Gasteiger partial charge in [-0.25, -0.2) is 9.21 Å². The molecule has 10 heteroatoms. The first-order valence-electron chi connectivity index (χ1n) is 13.4. The minimum Gasteiger partial charge on any atom is -0.478 e. The third-order valence-corrected chi connectivity index (χ3v) is 8.20. The number of hydrogen-bond donors (Lipinski definition) is 4. The van der Waals surface area contributed by atoms with Gasteiger partial charge < -0.3 is 15.7 Å². The molecule has 0 saturated carbocycles. The predicted octanol–water partition coefficient (Wildman–Crippen LogP) is 5.59. The van der Waals surface area contributed by atoms with Crippen LogP contribution in [0.4, 0.5) is 22.7 Å². The molecule has 0 unspecified atom stereocenters. The molecule has 0 radical (unpaired) electrons. The summed E-state index contributed by atoms with van der Waals surface area (Å²) in [6.07, 6.45) is 0. The molecule has 0 aliphatic rings. The Labute approximate surface area is 276 Å². The zero-order chi connectivity index (χ0) is 30.3. The maximum absolute atomic E-state index is 12.2. The monoisotopic (exact) mass is 614 g/mol. The van der Waals surface area contributed by atoms with E-state index < -0.39 is 16.1 Å². The van der Waals surface area contributed by atoms with E-state index in [0.29, 0.717) is 33.7 Å². The third-order valence-electron chi connectivity index (χ3n) is 7.35. The second kappa shape index (κ2) is 12.4. The summed E-state index contributed by atoms with van der Waals surface area (Å²) in [6.45, 7) is 3.76. The standard InChI is InChI=1S/C34H26N2O6S.Na/c1-20-7-3-6-10-29(20)35-22-11-14-27-31(18-22)42-32-19-23(36-30-16-13-24(17-21(30)2)43(39,40)41)12-15-28(32)33(27)25-8-4-5-9-26(25)34(37)38;/h3-19,35-36H,1-2H3,(H-,37,38,39,40,41);/q;+1/p+1. The van der Waals surface area contributed by atoms with Gasteiger partial charge in [-0.1, -0.05) is 36.4 Å². The summed E-state index contributed by atoms with van der Waals surface area (Å²) >= 11 is 0. The number of benzene rings is 5. The maximum atomic E-state index is 12.2. The Morgan fingerprint density at radius 2 is 1.27 bits per heavy atom. The quantitative estimate of drug-likeness (QED) is 0.0794. The van der Waals surface area contributed by atoms with Crippen molar-refractivity contribution < 1.29 is 56.8 Å². The van der Waals surface area contributed by atoms with Crippen LogP contribution < -0.4 is 40.2 Å². The van der Waals surface area contributed by atoms with Gasteiger partial charge >= 0.3 is 46.7 Å². The van der Waals surface area contributed by atoms with Gasteiger partial charge in [0.25, 0.3) is 10.1 Å². The van der Waals surface area contributed by atoms with Crippen molar-refractivity contribution in [1.29, 1.82) is 0 Å². The maximum Gasteiger partial charge on any atom is 1.00 e. The zero-order valence-corrected chi connectivity index (χ0v) is 27.1. The van der Waals surface area contributed by atoms with E-state index in [1.807, 2.05) is 73.7 Å². The normalized spacial score (nSPS) is 11.2. The topological polar surface area (TPSA) is 127 Å². The van der Waals surface area contributed by atoms with E-state index in [-0.39, 0.29) is 40.0 Å². The van der Waals surface area contributed by atoms with Crippen LogP contribution >= 0.6 is 0 Å². The summed E-state index contributed by atoms with van der Waals surface area (Å²) in [6, 6.07) is 30.5. The number of carboxylic acid groups (broad SMARTS) is 1. The molecule has 44 heavy (non-hydrogen) atoms. The van der Waals surface area contributed by atoms with E-state index in [2.05, 4.69) is 10.6 Å². The van der Waals surface area contributed by atoms with Crippen LogP contribution in [0.3, 0.4) is 0 Å². The number of carboxylic acids is 1. The van der Waals surface area contributed by atoms with Gasteiger partial charge in [0.15, 0.2) is 0 Å². The minimum absolute atomic E-state index is 0. The molecule has 0 aliphatic carbocycles. The number of fused-ring (bicyclic) bond motifs is 2. The molecule has 1 heterocycles. The van der Waals surface area contributed by atoms with Crippen molar-refractivity contribution in [3.8, 4) is 11.1 Å². The van der Waals surface area contributed by atoms with E-state index in [0.717, 1.165) is 33.3 Å². The van der Waals surface area contributed by atoms with Crippen LogP contribution in [0.15, 0.2) is 112 Å². The van der Waals surface area contributed by atoms with Crippen molar-refractivity contribution in [2.45, 2.75) is 18.7 Å². The molecule has 214 valence electrons. The van der Waals surface area contributed by atoms with Crippen molar-refractivity contribution in [2.75, 3.05) is 10.6 Å². The molecule has 0 amide bonds. The Balaban J connectivity index is 0.00000384. The average Bonchev–Trinajstić information content (AvgIpc) is 2.97. The molecule has 6 rings (SSSR count). The van der Waals surface area contributed by atoms with Gasteiger partial charge in [0.1, 0.15) is 0 Å². The van der Waals surface area contributed by atoms with E-state index in [9.17, 15) is 22.9 Å². The third kappa shape index (κ3) is 6.19. The molecule has 4 N–H and O–H groups in total. The Bertz CT molecular complexity index is 2180. The van der Waals surface area contributed by atoms with Gasteiger partial charge in [-0.3, -0.25) is 4.55 Å². The van der Waals surface area contributed by atoms with Gasteiger partial charge in [0.05, 0.1) is 33.4 Å². The van der Waals surface area contributed by atoms with Gasteiger partial charge in [0.2, 0.25) is 0 Å². The molecule has 6 aromatic rings. The smallest absolute Gasteiger partial charge is 0.478 e. The summed E-state index contributed by atoms with van der Waals surface area (Å²) in [5, 5.41) is 18.2. The molecule has 5 aromatic carbocycles. The fourth-order valence-corrected chi connectivity index (χ4v) is 5.75. The first-order chi connectivity index (χ1) is 20.6. The number of aromatic carboxylic acids is 1. The van der Waals surface area contributed by atoms with Crippen molar-refractivity contribution in [1.82, 2.24) is 0 Å². The number of hydrogen-bond acceptors (Lipinski definition) is 5. The van der Waals surface area contributed by atoms with Crippen LogP contribution in [0.25, 0.3) is 33.1 Å². The number of nitrogens with one attached hydrogen (secondary N) is 2. The summed E-state index contributed by atoms with van der Waals surface area (Å²) in [5.41, 5.74) is 7.36. The molecule has 1 aromatic heterocycles. The summed E-state index contributed by atoms with van der Waals surface area (Å²) in [7, 11) is -4.32. The number of aryl methyl sites for hydroxylation is 2. The molecular weight excluding hydrogens is 587 g/mol. The van der Waals surface area contributed by atoms with Crippen LogP contribution in [-0.4, -0.2) is 24.0 Å². The largest absolute Gasteiger partial charge is 1.00 e. The summed E-state index contributed by atoms with van der Waals surface area (Å²) < 4.78 is 38.9. The fraction of sp³-hybridized carbons (Fsp3) is 0.0588. The van der Waals surface area contributed by atoms with Crippen LogP contribution in [-0.2, 0) is 10.1 Å². The number of carbonyl (C=O) groups is 1. The Morgan fingerprint density at radius 3 is 1.84 bits per heavy atom. The van der Waals surface area contributed by atoms with E-state index in [1.165, 1.54) is 12.1 Å². The molecule has 0 spiro atoms. The van der Waals surface area contributed by atoms with E-state index in [4.69, 9.17) is 4.42 Å². The van der Waals surface area contributed by atoms with Crippen LogP contribution in [0.2, 0.25) is 0 Å². The van der Waals surface area contributed by atoms with Crippen LogP contribution in [0, 0.1) is 13.8 Å². The minimum atomic E-state index is -4.32. The molecule has 0 aliphatic heterocycles. The van der Waals surface area contributed by atoms with Gasteiger partial charge in [0, 0.05) is 28.3 Å². The second-order valence-corrected chi connectivity index (χ2v) is 11.7. The molecule has 0 saturated heterocycles. The van der Waals surface area contributed by atoms with Gasteiger partial charge in [-0.05, 0) is 85.1 Å². The average molecular weight is 615 g/mol. The predicted molar refractivity (Wildman–Crippen MR) is 169 cm³/mol. The van der Waals surface area contributed by atoms with Crippen LogP contribution in [0.5, 0.6) is 0 Å². The SMILES string of the molecule is Cc1ccccc1Nc1ccc2c(-c3ccccc3C(=O)O)c3ccc(Nc4ccc(S(=O)(=O)O)cc4C)cc3[o+]c2c1.[Na+]. The first kappa shape index (κ1) is 31.2. The zero-order valence-electron chi connectivity index (χ0n) is 24.3. The number of rotatable bonds is 7. The molecule has 0 bridgehead atoms. The molecule has 0 fully saturated rings. The van der Waals surface area contributed by atoms with Crippen molar-refractivity contribution in [3.05, 3.63) is 120 Å². The molecular formula is C34H27N2NaO6S+2. The second-order valence-electron chi connectivity index (χ2n) is 10.3. The van der Waals surface area contributed by atoms with Gasteiger partial charge in [-0.15, -0.1) is 0 Å². The summed E-state index contributed by atoms with van der Waals surface area (Å²) in [5.74, 6) is -1.03. The molecule has 0 atom stereocenters. The summed E-state index contributed by atoms with van der Waals surface area (Å²) in [4.78, 5) is 12.0. The van der Waals surface area contributed by atoms with Crippen molar-refractivity contribution >= 4 is 60.8 Å². The van der Waals surface area contributed by atoms with Crippen LogP contribution in [0.1, 0.15) is 21.5 Å². The Morgan fingerprint density at radius 1 is 0.705 bits per heavy atom. The number of anilines is 4. The van der Waals surface area contributed by atoms with E-state index >= 15 is 0 Å². The first-order valence-corrected chi connectivity index (χ1v) is 14.9. The fourth-order valence-electron chi connectivity index (χ4n) is 5.18. The molecule has 8 nitrogen and oxygen atoms in total. The van der Waals surface area contributed by atoms with Crippen molar-refractivity contribution in [3.63, 3.8) is 0 Å². The Hall–Kier alpha value is -4.25. The van der Waals surface area contributed by atoms with Crippen molar-refractivity contribution in [2.24, 2.45) is 0 Å². The van der Waals surface area contributed by atoms with E-state index in [1.54, 1.807) is 31.2 Å². The van der Waals surface area contributed by atoms with Gasteiger partial charge in [-0.2, -0.15) is 8.42 Å².